The van der Waals surface area contributed by atoms with Gasteiger partial charge in [0.05, 0.1) is 22.1 Å². The van der Waals surface area contributed by atoms with Crippen LogP contribution in [0.4, 0.5) is 68.2 Å². The molecule has 2 aliphatic rings. The first kappa shape index (κ1) is 77.9. The van der Waals surface area contributed by atoms with Crippen LogP contribution in [-0.4, -0.2) is 9.13 Å². The van der Waals surface area contributed by atoms with E-state index >= 15 is 0 Å². The maximum absolute atomic E-state index is 6.62. The molecule has 26 rings (SSSR count). The third-order valence-electron chi connectivity index (χ3n) is 28.5. The number of hydrogen-bond donors (Lipinski definition) is 0. The molecule has 0 N–H and O–H groups in total. The van der Waals surface area contributed by atoms with Crippen LogP contribution in [0.1, 0.15) is 49.9 Å². The van der Waals surface area contributed by atoms with Crippen molar-refractivity contribution in [1.29, 1.82) is 0 Å². The minimum absolute atomic E-state index is 0.226. The summed E-state index contributed by atoms with van der Waals surface area (Å²) in [6, 6.07) is 169. The number of fused-ring (bicyclic) bond motifs is 18. The van der Waals surface area contributed by atoms with Crippen molar-refractivity contribution < 1.29 is 8.83 Å². The lowest BCUT2D eigenvalue weighted by Gasteiger charge is -2.30. The first-order chi connectivity index (χ1) is 65.9. The fourth-order valence-corrected chi connectivity index (χ4v) is 22.0. The van der Waals surface area contributed by atoms with Crippen LogP contribution >= 0.6 is 0 Å². The van der Waals surface area contributed by atoms with E-state index in [1.165, 1.54) is 88.1 Å². The standard InChI is InChI=1S/C126H88N6O2/c1-125(2)113-35-13-5-23-101(113)103-77-75-97(79-115(103)125)129(93-63-59-89(60-64-93)127(85-55-47-83(48-56-85)99-31-21-33-111-109-29-11-19-41-121(109)133-123(99)111)91-67-71-95(72-68-91)131-117-37-15-7-25-105(117)106-26-8-16-38-118(106)131)87-51-43-81(44-52-87)82-45-53-88(54-46-82)130(98-76-78-104-102-24-6-14-36-114(102)126(3,4)116(104)80-98)94-65-61-90(62-66-94)128(86-57-49-84(50-58-86)100-32-22-34-112-110-30-12-20-42-122(110)134-124(100)112)92-69-73-96(74-70-92)132-119-39-17-9-27-107(119)108-28-10-18-40-120(108)132/h5-80H,1-4H3. The Bertz CT molecular complexity index is 8160. The van der Waals surface area contributed by atoms with Crippen molar-refractivity contribution in [2.75, 3.05) is 19.6 Å². The summed E-state index contributed by atoms with van der Waals surface area (Å²) in [6.45, 7) is 9.47. The van der Waals surface area contributed by atoms with Crippen LogP contribution < -0.4 is 19.6 Å². The normalized spacial score (nSPS) is 12.9. The summed E-state index contributed by atoms with van der Waals surface area (Å²) >= 11 is 0. The van der Waals surface area contributed by atoms with Gasteiger partial charge in [-0.1, -0.05) is 282 Å². The maximum Gasteiger partial charge on any atom is 0.143 e. The van der Waals surface area contributed by atoms with Crippen molar-refractivity contribution in [1.82, 2.24) is 9.13 Å². The number of nitrogens with zero attached hydrogens (tertiary/aromatic N) is 6. The first-order valence-corrected chi connectivity index (χ1v) is 46.2. The van der Waals surface area contributed by atoms with Crippen LogP contribution in [0.15, 0.2) is 470 Å². The van der Waals surface area contributed by atoms with Gasteiger partial charge >= 0.3 is 0 Å². The summed E-state index contributed by atoms with van der Waals surface area (Å²) < 4.78 is 18.0. The Kier molecular flexibility index (Phi) is 17.9. The molecule has 0 unspecified atom stereocenters. The Labute approximate surface area is 776 Å². The summed E-state index contributed by atoms with van der Waals surface area (Å²) in [4.78, 5) is 9.61. The Morgan fingerprint density at radius 3 is 0.739 bits per heavy atom. The van der Waals surface area contributed by atoms with Crippen molar-refractivity contribution in [2.45, 2.75) is 38.5 Å². The second-order valence-electron chi connectivity index (χ2n) is 36.7. The zero-order valence-electron chi connectivity index (χ0n) is 74.4. The molecule has 8 heteroatoms. The third-order valence-corrected chi connectivity index (χ3v) is 28.5. The molecule has 4 heterocycles. The Balaban J connectivity index is 0.560. The molecule has 0 spiro atoms. The molecular formula is C126H88N6O2. The highest BCUT2D eigenvalue weighted by molar-refractivity contribution is 6.13. The molecule has 134 heavy (non-hydrogen) atoms. The number of benzene rings is 20. The van der Waals surface area contributed by atoms with Gasteiger partial charge in [-0.2, -0.15) is 0 Å². The summed E-state index contributed by atoms with van der Waals surface area (Å²) in [7, 11) is 0. The van der Waals surface area contributed by atoms with Gasteiger partial charge in [-0.15, -0.1) is 0 Å². The molecular weight excluding hydrogens is 1630 g/mol. The molecule has 0 radical (unpaired) electrons. The maximum atomic E-state index is 6.62. The molecule has 0 aliphatic heterocycles. The van der Waals surface area contributed by atoms with Crippen LogP contribution in [0.5, 0.6) is 0 Å². The number of hydrogen-bond acceptors (Lipinski definition) is 6. The number of aromatic nitrogens is 2. The van der Waals surface area contributed by atoms with Gasteiger partial charge in [0.1, 0.15) is 22.3 Å². The average Bonchev–Trinajstić information content (AvgIpc) is 1.58. The van der Waals surface area contributed by atoms with Gasteiger partial charge in [-0.05, 0) is 273 Å². The largest absolute Gasteiger partial charge is 0.455 e. The van der Waals surface area contributed by atoms with Gasteiger partial charge in [0.25, 0.3) is 0 Å². The topological polar surface area (TPSA) is 49.1 Å². The van der Waals surface area contributed by atoms with Gasteiger partial charge in [-0.25, -0.2) is 0 Å². The fourth-order valence-electron chi connectivity index (χ4n) is 22.0. The molecule has 0 bridgehead atoms. The van der Waals surface area contributed by atoms with E-state index in [9.17, 15) is 0 Å². The second kappa shape index (κ2) is 30.7. The molecule has 24 aromatic rings. The number of rotatable bonds is 17. The van der Waals surface area contributed by atoms with E-state index < -0.39 is 0 Å². The van der Waals surface area contributed by atoms with E-state index in [1.807, 2.05) is 12.1 Å². The van der Waals surface area contributed by atoms with Gasteiger partial charge in [0, 0.05) is 145 Å². The molecule has 8 nitrogen and oxygen atoms in total. The minimum Gasteiger partial charge on any atom is -0.455 e. The summed E-state index contributed by atoms with van der Waals surface area (Å²) in [5, 5.41) is 9.37. The third kappa shape index (κ3) is 12.5. The monoisotopic (exact) mass is 1720 g/mol. The highest BCUT2D eigenvalue weighted by Gasteiger charge is 2.38. The number of anilines is 12. The fraction of sp³-hybridized carbons (Fsp3) is 0.0476. The highest BCUT2D eigenvalue weighted by Crippen LogP contribution is 2.55. The molecule has 634 valence electrons. The quantitative estimate of drug-likeness (QED) is 0.0905. The Morgan fingerprint density at radius 1 is 0.179 bits per heavy atom. The predicted molar refractivity (Wildman–Crippen MR) is 560 cm³/mol. The summed E-state index contributed by atoms with van der Waals surface area (Å²) in [6.07, 6.45) is 0. The number of furan rings is 2. The van der Waals surface area contributed by atoms with Gasteiger partial charge in [0.2, 0.25) is 0 Å². The van der Waals surface area contributed by atoms with Crippen molar-refractivity contribution >= 4 is 156 Å². The highest BCUT2D eigenvalue weighted by atomic mass is 16.3. The molecule has 0 atom stereocenters. The van der Waals surface area contributed by atoms with E-state index in [-0.39, 0.29) is 10.8 Å². The predicted octanol–water partition coefficient (Wildman–Crippen LogP) is 35.2. The Hall–Kier alpha value is -17.2. The summed E-state index contributed by atoms with van der Waals surface area (Å²) in [5.74, 6) is 0. The second-order valence-corrected chi connectivity index (χ2v) is 36.7. The zero-order valence-corrected chi connectivity index (χ0v) is 74.4. The smallest absolute Gasteiger partial charge is 0.143 e. The van der Waals surface area contributed by atoms with Gasteiger partial charge < -0.3 is 37.6 Å². The summed E-state index contributed by atoms with van der Waals surface area (Å²) in [5.41, 5.74) is 39.3. The van der Waals surface area contributed by atoms with Crippen LogP contribution in [0.2, 0.25) is 0 Å². The van der Waals surface area contributed by atoms with Gasteiger partial charge in [0.15, 0.2) is 0 Å². The molecule has 2 aliphatic carbocycles. The zero-order chi connectivity index (χ0) is 89.0. The first-order valence-electron chi connectivity index (χ1n) is 46.2. The average molecular weight is 1720 g/mol. The lowest BCUT2D eigenvalue weighted by atomic mass is 9.82. The Morgan fingerprint density at radius 2 is 0.410 bits per heavy atom. The van der Waals surface area contributed by atoms with Crippen LogP contribution in [0, 0.1) is 0 Å². The van der Waals surface area contributed by atoms with Crippen molar-refractivity contribution in [2.24, 2.45) is 0 Å². The van der Waals surface area contributed by atoms with Gasteiger partial charge in [-0.3, -0.25) is 0 Å². The van der Waals surface area contributed by atoms with Crippen molar-refractivity contribution in [3.8, 4) is 67.0 Å². The number of para-hydroxylation sites is 8. The molecule has 0 amide bonds. The lowest BCUT2D eigenvalue weighted by Crippen LogP contribution is -2.16. The molecule has 0 saturated heterocycles. The van der Waals surface area contributed by atoms with Crippen LogP contribution in [-0.2, 0) is 10.8 Å². The van der Waals surface area contributed by atoms with Crippen molar-refractivity contribution in [3.63, 3.8) is 0 Å². The minimum atomic E-state index is -0.226. The van der Waals surface area contributed by atoms with Crippen LogP contribution in [0.25, 0.3) is 154 Å². The van der Waals surface area contributed by atoms with E-state index in [2.05, 4.69) is 505 Å². The van der Waals surface area contributed by atoms with Crippen molar-refractivity contribution in [3.05, 3.63) is 483 Å². The molecule has 20 aromatic carbocycles. The molecule has 0 saturated carbocycles. The lowest BCUT2D eigenvalue weighted by molar-refractivity contribution is 0.660. The van der Waals surface area contributed by atoms with Crippen LogP contribution in [0.3, 0.4) is 0 Å². The van der Waals surface area contributed by atoms with E-state index in [1.54, 1.807) is 0 Å². The van der Waals surface area contributed by atoms with E-state index in [4.69, 9.17) is 8.83 Å². The molecule has 0 fully saturated rings. The molecule has 4 aromatic heterocycles. The van der Waals surface area contributed by atoms with E-state index in [0.717, 1.165) is 157 Å². The van der Waals surface area contributed by atoms with E-state index in [0.29, 0.717) is 0 Å². The SMILES string of the molecule is CC1(C)c2ccccc2-c2ccc(N(c3ccc(-c4ccc(N(c5ccc(N(c6ccc(-c7cccc8c7oc7ccccc78)cc6)c6ccc(-n7c8ccccc8c8ccccc87)cc6)cc5)c5ccc6c(c5)C(C)(C)c5ccccc5-6)cc4)cc3)c3ccc(N(c4ccc(-c5cccc6c5oc5ccccc56)cc4)c4ccc(-n5c6ccccc6c6ccccc65)cc4)cc3)cc21.